The van der Waals surface area contributed by atoms with Crippen molar-refractivity contribution in [2.45, 2.75) is 38.5 Å². The van der Waals surface area contributed by atoms with Gasteiger partial charge in [0.25, 0.3) is 0 Å². The Balaban J connectivity index is 1.59. The summed E-state index contributed by atoms with van der Waals surface area (Å²) in [5.41, 5.74) is 3.43. The van der Waals surface area contributed by atoms with Crippen molar-refractivity contribution in [3.8, 4) is 11.1 Å². The summed E-state index contributed by atoms with van der Waals surface area (Å²) in [5.74, 6) is -0.763. The number of carbonyl (C=O) groups is 1. The van der Waals surface area contributed by atoms with E-state index in [1.54, 1.807) is 6.92 Å². The van der Waals surface area contributed by atoms with E-state index in [0.717, 1.165) is 47.6 Å². The van der Waals surface area contributed by atoms with E-state index in [4.69, 9.17) is 21.4 Å². The first-order valence-corrected chi connectivity index (χ1v) is 9.34. The van der Waals surface area contributed by atoms with Gasteiger partial charge in [-0.1, -0.05) is 48.0 Å². The van der Waals surface area contributed by atoms with Crippen LogP contribution < -0.4 is 0 Å². The number of hydrogen-bond acceptors (Lipinski definition) is 3. The molecule has 1 aliphatic heterocycles. The Hall–Kier alpha value is -1.88. The molecule has 1 unspecified atom stereocenters. The van der Waals surface area contributed by atoms with E-state index >= 15 is 0 Å². The van der Waals surface area contributed by atoms with Gasteiger partial charge in [0.05, 0.1) is 12.7 Å². The fourth-order valence-electron chi connectivity index (χ4n) is 3.35. The maximum Gasteiger partial charge on any atom is 0.320 e. The van der Waals surface area contributed by atoms with Crippen LogP contribution in [0.4, 0.5) is 0 Å². The Kier molecular flexibility index (Phi) is 6.30. The number of halogens is 1. The zero-order valence-electron chi connectivity index (χ0n) is 14.9. The molecule has 1 heterocycles. The van der Waals surface area contributed by atoms with Gasteiger partial charge in [-0.2, -0.15) is 0 Å². The predicted molar refractivity (Wildman–Crippen MR) is 103 cm³/mol. The highest BCUT2D eigenvalue weighted by atomic mass is 35.5. The van der Waals surface area contributed by atoms with Crippen molar-refractivity contribution in [2.75, 3.05) is 13.1 Å². The van der Waals surface area contributed by atoms with Crippen LogP contribution >= 0.6 is 11.6 Å². The second-order valence-electron chi connectivity index (χ2n) is 6.72. The summed E-state index contributed by atoms with van der Waals surface area (Å²) in [6, 6.07) is 15.6. The van der Waals surface area contributed by atoms with Gasteiger partial charge in [-0.15, -0.1) is 0 Å². The van der Waals surface area contributed by atoms with E-state index < -0.39 is 12.0 Å². The second kappa shape index (κ2) is 8.67. The number of aliphatic carboxylic acids is 1. The molecule has 1 fully saturated rings. The number of carboxylic acid groups (broad SMARTS) is 1. The lowest BCUT2D eigenvalue weighted by Gasteiger charge is -2.34. The van der Waals surface area contributed by atoms with Crippen molar-refractivity contribution >= 4 is 17.6 Å². The molecule has 1 atom stereocenters. The van der Waals surface area contributed by atoms with Gasteiger partial charge < -0.3 is 9.84 Å². The topological polar surface area (TPSA) is 49.8 Å². The van der Waals surface area contributed by atoms with Crippen molar-refractivity contribution in [3.63, 3.8) is 0 Å². The Morgan fingerprint density at radius 3 is 2.50 bits per heavy atom. The summed E-state index contributed by atoms with van der Waals surface area (Å²) in [6.07, 6.45) is 1.90. The molecule has 26 heavy (non-hydrogen) atoms. The fraction of sp³-hybridized carbons (Fsp3) is 0.381. The third-order valence-electron chi connectivity index (χ3n) is 5.03. The van der Waals surface area contributed by atoms with Crippen molar-refractivity contribution in [1.82, 2.24) is 4.90 Å². The van der Waals surface area contributed by atoms with Crippen LogP contribution in [0.1, 0.15) is 25.3 Å². The molecule has 1 N–H and O–H groups in total. The van der Waals surface area contributed by atoms with Gasteiger partial charge in [0.15, 0.2) is 0 Å². The Bertz CT molecular complexity index is 739. The molecule has 1 saturated heterocycles. The number of likely N-dealkylation sites (tertiary alicyclic amines) is 1. The lowest BCUT2D eigenvalue weighted by atomic mass is 10.00. The molecule has 4 nitrogen and oxygen atoms in total. The summed E-state index contributed by atoms with van der Waals surface area (Å²) in [4.78, 5) is 13.1. The van der Waals surface area contributed by atoms with Crippen LogP contribution in [0.2, 0.25) is 5.02 Å². The molecule has 2 aromatic carbocycles. The molecule has 5 heteroatoms. The fourth-order valence-corrected chi connectivity index (χ4v) is 3.48. The minimum absolute atomic E-state index is 0.172. The first-order chi connectivity index (χ1) is 12.5. The zero-order valence-corrected chi connectivity index (χ0v) is 15.7. The molecular formula is C21H24ClNO3. The van der Waals surface area contributed by atoms with Crippen LogP contribution in [0, 0.1) is 0 Å². The molecule has 138 valence electrons. The average molecular weight is 374 g/mol. The number of hydrogen-bond donors (Lipinski definition) is 1. The van der Waals surface area contributed by atoms with E-state index in [1.807, 2.05) is 41.3 Å². The molecule has 0 aliphatic carbocycles. The number of ether oxygens (including phenoxy) is 1. The second-order valence-corrected chi connectivity index (χ2v) is 7.16. The van der Waals surface area contributed by atoms with Crippen LogP contribution in [0.25, 0.3) is 11.1 Å². The third kappa shape index (κ3) is 4.64. The maximum absolute atomic E-state index is 11.1. The lowest BCUT2D eigenvalue weighted by molar-refractivity contribution is -0.143. The molecule has 0 bridgehead atoms. The molecule has 0 aromatic heterocycles. The van der Waals surface area contributed by atoms with Crippen molar-refractivity contribution in [1.29, 1.82) is 0 Å². The third-order valence-corrected chi connectivity index (χ3v) is 5.28. The first kappa shape index (κ1) is 18.9. The number of nitrogens with zero attached hydrogens (tertiary/aromatic N) is 1. The molecule has 3 rings (SSSR count). The summed E-state index contributed by atoms with van der Waals surface area (Å²) >= 11 is 5.99. The summed E-state index contributed by atoms with van der Waals surface area (Å²) in [5, 5.41) is 9.85. The van der Waals surface area contributed by atoms with Crippen molar-refractivity contribution in [2.24, 2.45) is 0 Å². The van der Waals surface area contributed by atoms with Gasteiger partial charge in [-0.05, 0) is 48.6 Å². The van der Waals surface area contributed by atoms with Crippen LogP contribution in [0.3, 0.4) is 0 Å². The van der Waals surface area contributed by atoms with Gasteiger partial charge in [0.2, 0.25) is 0 Å². The van der Waals surface area contributed by atoms with E-state index in [2.05, 4.69) is 12.1 Å². The Morgan fingerprint density at radius 2 is 1.85 bits per heavy atom. The van der Waals surface area contributed by atoms with Gasteiger partial charge in [-0.3, -0.25) is 9.69 Å². The monoisotopic (exact) mass is 373 g/mol. The average Bonchev–Trinajstić information content (AvgIpc) is 2.67. The van der Waals surface area contributed by atoms with Crippen molar-refractivity contribution < 1.29 is 14.6 Å². The summed E-state index contributed by atoms with van der Waals surface area (Å²) in [6.45, 7) is 3.82. The van der Waals surface area contributed by atoms with Crippen LogP contribution in [-0.2, 0) is 16.1 Å². The van der Waals surface area contributed by atoms with E-state index in [9.17, 15) is 4.79 Å². The summed E-state index contributed by atoms with van der Waals surface area (Å²) in [7, 11) is 0. The number of rotatable bonds is 6. The largest absolute Gasteiger partial charge is 0.480 e. The number of carboxylic acids is 1. The van der Waals surface area contributed by atoms with Gasteiger partial charge in [0, 0.05) is 18.1 Å². The van der Waals surface area contributed by atoms with Crippen LogP contribution in [-0.4, -0.2) is 41.2 Å². The van der Waals surface area contributed by atoms with E-state index in [-0.39, 0.29) is 6.10 Å². The van der Waals surface area contributed by atoms with Crippen molar-refractivity contribution in [3.05, 3.63) is 59.1 Å². The first-order valence-electron chi connectivity index (χ1n) is 8.97. The molecule has 0 radical (unpaired) electrons. The quantitative estimate of drug-likeness (QED) is 0.812. The normalized spacial score (nSPS) is 17.2. The SMILES string of the molecule is CC(C(=O)O)N1CCC(OCc2ccccc2-c2ccc(Cl)cc2)CC1. The smallest absolute Gasteiger partial charge is 0.320 e. The maximum atomic E-state index is 11.1. The molecule has 1 aliphatic rings. The predicted octanol–water partition coefficient (Wildman–Crippen LogP) is 4.46. The molecule has 0 spiro atoms. The number of piperidine rings is 1. The van der Waals surface area contributed by atoms with E-state index in [0.29, 0.717) is 6.61 Å². The zero-order chi connectivity index (χ0) is 18.5. The van der Waals surface area contributed by atoms with Gasteiger partial charge in [0.1, 0.15) is 6.04 Å². The minimum Gasteiger partial charge on any atom is -0.480 e. The number of benzene rings is 2. The minimum atomic E-state index is -0.763. The summed E-state index contributed by atoms with van der Waals surface area (Å²) < 4.78 is 6.14. The highest BCUT2D eigenvalue weighted by Gasteiger charge is 2.26. The van der Waals surface area contributed by atoms with E-state index in [1.165, 1.54) is 0 Å². The highest BCUT2D eigenvalue weighted by molar-refractivity contribution is 6.30. The highest BCUT2D eigenvalue weighted by Crippen LogP contribution is 2.27. The lowest BCUT2D eigenvalue weighted by Crippen LogP contribution is -2.45. The van der Waals surface area contributed by atoms with Gasteiger partial charge in [-0.25, -0.2) is 0 Å². The molecule has 0 amide bonds. The molecule has 2 aromatic rings. The van der Waals surface area contributed by atoms with Crippen LogP contribution in [0.5, 0.6) is 0 Å². The van der Waals surface area contributed by atoms with Gasteiger partial charge >= 0.3 is 5.97 Å². The Morgan fingerprint density at radius 1 is 1.19 bits per heavy atom. The Labute approximate surface area is 159 Å². The van der Waals surface area contributed by atoms with Crippen LogP contribution in [0.15, 0.2) is 48.5 Å². The molecule has 0 saturated carbocycles. The standard InChI is InChI=1S/C21H24ClNO3/c1-15(21(24)25)23-12-10-19(11-13-23)26-14-17-4-2-3-5-20(17)16-6-8-18(22)9-7-16/h2-9,15,19H,10-14H2,1H3,(H,24,25). The molecular weight excluding hydrogens is 350 g/mol.